The van der Waals surface area contributed by atoms with Crippen LogP contribution in [0.15, 0.2) is 28.7 Å². The third-order valence-electron chi connectivity index (χ3n) is 3.86. The van der Waals surface area contributed by atoms with E-state index in [2.05, 4.69) is 20.9 Å². The number of amides is 1. The fourth-order valence-electron chi connectivity index (χ4n) is 2.80. The molecule has 1 unspecified atom stereocenters. The molecule has 1 atom stereocenters. The van der Waals surface area contributed by atoms with Gasteiger partial charge in [-0.1, -0.05) is 15.9 Å². The number of rotatable bonds is 2. The van der Waals surface area contributed by atoms with Crippen LogP contribution in [0, 0.1) is 0 Å². The summed E-state index contributed by atoms with van der Waals surface area (Å²) in [5, 5.41) is 10.2. The molecule has 3 rings (SSSR count). The van der Waals surface area contributed by atoms with Crippen molar-refractivity contribution in [1.29, 1.82) is 0 Å². The molecule has 6 heteroatoms. The Labute approximate surface area is 130 Å². The Morgan fingerprint density at radius 2 is 2.10 bits per heavy atom. The van der Waals surface area contributed by atoms with Crippen LogP contribution < -0.4 is 0 Å². The number of carboxylic acid groups (broad SMARTS) is 1. The summed E-state index contributed by atoms with van der Waals surface area (Å²) in [6, 6.07) is 6.77. The molecule has 1 aliphatic heterocycles. The molecule has 1 aromatic carbocycles. The largest absolute Gasteiger partial charge is 0.480 e. The summed E-state index contributed by atoms with van der Waals surface area (Å²) < 4.78 is 0.939. The fourth-order valence-corrected chi connectivity index (χ4v) is 3.18. The van der Waals surface area contributed by atoms with Gasteiger partial charge in [-0.2, -0.15) is 0 Å². The SMILES string of the molecule is O=C(O)C1CCCCN1C(=O)c1cc2cc(Br)ccc2[nH]1. The number of fused-ring (bicyclic) bond motifs is 1. The Kier molecular flexibility index (Phi) is 3.71. The van der Waals surface area contributed by atoms with Crippen LogP contribution in [0.5, 0.6) is 0 Å². The van der Waals surface area contributed by atoms with Gasteiger partial charge >= 0.3 is 5.97 Å². The number of H-pyrrole nitrogens is 1. The van der Waals surface area contributed by atoms with Crippen LogP contribution in [-0.2, 0) is 4.79 Å². The molecule has 0 radical (unpaired) electrons. The highest BCUT2D eigenvalue weighted by Crippen LogP contribution is 2.24. The van der Waals surface area contributed by atoms with Gasteiger partial charge in [0.1, 0.15) is 11.7 Å². The summed E-state index contributed by atoms with van der Waals surface area (Å²) in [4.78, 5) is 28.4. The zero-order chi connectivity index (χ0) is 15.0. The maximum Gasteiger partial charge on any atom is 0.326 e. The van der Waals surface area contributed by atoms with E-state index < -0.39 is 12.0 Å². The summed E-state index contributed by atoms with van der Waals surface area (Å²) >= 11 is 3.40. The summed E-state index contributed by atoms with van der Waals surface area (Å²) in [5.41, 5.74) is 1.31. The highest BCUT2D eigenvalue weighted by atomic mass is 79.9. The van der Waals surface area contributed by atoms with Crippen LogP contribution in [0.2, 0.25) is 0 Å². The van der Waals surface area contributed by atoms with Gasteiger partial charge in [0.15, 0.2) is 0 Å². The molecular formula is C15H15BrN2O3. The van der Waals surface area contributed by atoms with E-state index in [0.717, 1.165) is 28.2 Å². The van der Waals surface area contributed by atoms with Crippen molar-refractivity contribution in [1.82, 2.24) is 9.88 Å². The first-order valence-corrected chi connectivity index (χ1v) is 7.67. The molecule has 0 spiro atoms. The van der Waals surface area contributed by atoms with Crippen LogP contribution in [0.3, 0.4) is 0 Å². The zero-order valence-electron chi connectivity index (χ0n) is 11.3. The smallest absolute Gasteiger partial charge is 0.326 e. The van der Waals surface area contributed by atoms with Crippen LogP contribution >= 0.6 is 15.9 Å². The van der Waals surface area contributed by atoms with Gasteiger partial charge < -0.3 is 15.0 Å². The average molecular weight is 351 g/mol. The number of likely N-dealkylation sites (tertiary alicyclic amines) is 1. The molecule has 1 saturated heterocycles. The average Bonchev–Trinajstić information content (AvgIpc) is 2.89. The molecule has 1 aromatic heterocycles. The van der Waals surface area contributed by atoms with Crippen molar-refractivity contribution in [2.75, 3.05) is 6.54 Å². The number of nitrogens with one attached hydrogen (secondary N) is 1. The molecule has 2 N–H and O–H groups in total. The van der Waals surface area contributed by atoms with E-state index in [1.807, 2.05) is 18.2 Å². The highest BCUT2D eigenvalue weighted by Gasteiger charge is 2.33. The van der Waals surface area contributed by atoms with Gasteiger partial charge in [-0.15, -0.1) is 0 Å². The number of benzene rings is 1. The van der Waals surface area contributed by atoms with E-state index in [-0.39, 0.29) is 5.91 Å². The topological polar surface area (TPSA) is 73.4 Å². The van der Waals surface area contributed by atoms with E-state index in [0.29, 0.717) is 18.7 Å². The van der Waals surface area contributed by atoms with Crippen molar-refractivity contribution >= 4 is 38.7 Å². The fraction of sp³-hybridized carbons (Fsp3) is 0.333. The molecule has 0 saturated carbocycles. The van der Waals surface area contributed by atoms with Crippen molar-refractivity contribution in [3.8, 4) is 0 Å². The summed E-state index contributed by atoms with van der Waals surface area (Å²) in [6.07, 6.45) is 2.22. The van der Waals surface area contributed by atoms with E-state index in [1.165, 1.54) is 4.90 Å². The van der Waals surface area contributed by atoms with Crippen LogP contribution in [0.1, 0.15) is 29.8 Å². The first kappa shape index (κ1) is 14.1. The minimum atomic E-state index is -0.929. The van der Waals surface area contributed by atoms with Crippen LogP contribution in [-0.4, -0.2) is 39.5 Å². The lowest BCUT2D eigenvalue weighted by Crippen LogP contribution is -2.48. The van der Waals surface area contributed by atoms with Gasteiger partial charge in [0.2, 0.25) is 0 Å². The maximum absolute atomic E-state index is 12.6. The third-order valence-corrected chi connectivity index (χ3v) is 4.36. The highest BCUT2D eigenvalue weighted by molar-refractivity contribution is 9.10. The van der Waals surface area contributed by atoms with E-state index in [9.17, 15) is 14.7 Å². The van der Waals surface area contributed by atoms with E-state index >= 15 is 0 Å². The Hall–Kier alpha value is -1.82. The Bertz CT molecular complexity index is 710. The number of aromatic nitrogens is 1. The molecule has 2 heterocycles. The van der Waals surface area contributed by atoms with E-state index in [1.54, 1.807) is 6.07 Å². The van der Waals surface area contributed by atoms with Gasteiger partial charge in [-0.05, 0) is 43.5 Å². The number of carbonyl (C=O) groups is 2. The molecule has 0 bridgehead atoms. The number of halogens is 1. The standard InChI is InChI=1S/C15H15BrN2O3/c16-10-4-5-11-9(7-10)8-12(17-11)14(19)18-6-2-1-3-13(18)15(20)21/h4-5,7-8,13,17H,1-3,6H2,(H,20,21). The van der Waals surface area contributed by atoms with Crippen molar-refractivity contribution in [2.45, 2.75) is 25.3 Å². The van der Waals surface area contributed by atoms with Crippen molar-refractivity contribution in [3.63, 3.8) is 0 Å². The van der Waals surface area contributed by atoms with Gasteiger partial charge in [-0.3, -0.25) is 4.79 Å². The maximum atomic E-state index is 12.6. The lowest BCUT2D eigenvalue weighted by Gasteiger charge is -2.32. The third kappa shape index (κ3) is 2.68. The molecule has 21 heavy (non-hydrogen) atoms. The normalized spacial score (nSPS) is 18.9. The molecular weight excluding hydrogens is 336 g/mol. The predicted octanol–water partition coefficient (Wildman–Crippen LogP) is 3.01. The second-order valence-corrected chi connectivity index (χ2v) is 6.18. The molecule has 0 aliphatic carbocycles. The van der Waals surface area contributed by atoms with Gasteiger partial charge in [0.05, 0.1) is 0 Å². The van der Waals surface area contributed by atoms with Crippen molar-refractivity contribution < 1.29 is 14.7 Å². The van der Waals surface area contributed by atoms with Gasteiger partial charge in [0.25, 0.3) is 5.91 Å². The number of hydrogen-bond donors (Lipinski definition) is 2. The molecule has 1 aliphatic rings. The number of aliphatic carboxylic acids is 1. The first-order chi connectivity index (χ1) is 10.1. The molecule has 1 amide bonds. The summed E-state index contributed by atoms with van der Waals surface area (Å²) in [6.45, 7) is 0.495. The number of carboxylic acids is 1. The molecule has 5 nitrogen and oxygen atoms in total. The van der Waals surface area contributed by atoms with Crippen LogP contribution in [0.4, 0.5) is 0 Å². The number of carbonyl (C=O) groups excluding carboxylic acids is 1. The quantitative estimate of drug-likeness (QED) is 0.874. The Morgan fingerprint density at radius 3 is 2.86 bits per heavy atom. The predicted molar refractivity (Wildman–Crippen MR) is 82.3 cm³/mol. The Morgan fingerprint density at radius 1 is 1.29 bits per heavy atom. The van der Waals surface area contributed by atoms with Gasteiger partial charge in [-0.25, -0.2) is 4.79 Å². The number of nitrogens with zero attached hydrogens (tertiary/aromatic N) is 1. The first-order valence-electron chi connectivity index (χ1n) is 6.88. The Balaban J connectivity index is 1.93. The second-order valence-electron chi connectivity index (χ2n) is 5.26. The number of aromatic amines is 1. The minimum Gasteiger partial charge on any atom is -0.480 e. The second kappa shape index (κ2) is 5.52. The summed E-state index contributed by atoms with van der Waals surface area (Å²) in [5.74, 6) is -1.17. The van der Waals surface area contributed by atoms with Gasteiger partial charge in [0, 0.05) is 21.9 Å². The minimum absolute atomic E-state index is 0.241. The molecule has 2 aromatic rings. The molecule has 110 valence electrons. The zero-order valence-corrected chi connectivity index (χ0v) is 12.9. The lowest BCUT2D eigenvalue weighted by molar-refractivity contribution is -0.143. The molecule has 1 fully saturated rings. The monoisotopic (exact) mass is 350 g/mol. The number of piperidine rings is 1. The van der Waals surface area contributed by atoms with Crippen LogP contribution in [0.25, 0.3) is 10.9 Å². The van der Waals surface area contributed by atoms with E-state index in [4.69, 9.17) is 0 Å². The van der Waals surface area contributed by atoms with Crippen molar-refractivity contribution in [2.24, 2.45) is 0 Å². The summed E-state index contributed by atoms with van der Waals surface area (Å²) in [7, 11) is 0. The lowest BCUT2D eigenvalue weighted by atomic mass is 10.0. The number of hydrogen-bond acceptors (Lipinski definition) is 2. The van der Waals surface area contributed by atoms with Crippen molar-refractivity contribution in [3.05, 3.63) is 34.4 Å².